The van der Waals surface area contributed by atoms with Gasteiger partial charge in [0.25, 0.3) is 0 Å². The molecule has 0 heterocycles. The molecule has 2 aliphatic rings. The van der Waals surface area contributed by atoms with E-state index in [1.807, 2.05) is 6.92 Å². The Morgan fingerprint density at radius 1 is 1.39 bits per heavy atom. The van der Waals surface area contributed by atoms with Crippen molar-refractivity contribution in [2.45, 2.75) is 66.2 Å². The van der Waals surface area contributed by atoms with Gasteiger partial charge in [-0.3, -0.25) is 9.59 Å². The normalized spacial score (nSPS) is 37.7. The van der Waals surface area contributed by atoms with Crippen LogP contribution in [0, 0.1) is 22.7 Å². The molecule has 0 aromatic carbocycles. The van der Waals surface area contributed by atoms with Crippen molar-refractivity contribution < 1.29 is 14.7 Å². The fraction of sp³-hybridized carbons (Fsp3) is 0.700. The zero-order valence-electron chi connectivity index (χ0n) is 14.9. The first-order chi connectivity index (χ1) is 10.8. The molecular weight excluding hydrogens is 288 g/mol. The average molecular weight is 318 g/mol. The summed E-state index contributed by atoms with van der Waals surface area (Å²) < 4.78 is 0. The van der Waals surface area contributed by atoms with Crippen LogP contribution in [-0.4, -0.2) is 17.4 Å². The molecule has 2 aliphatic carbocycles. The van der Waals surface area contributed by atoms with Crippen LogP contribution in [0.3, 0.4) is 0 Å². The van der Waals surface area contributed by atoms with Gasteiger partial charge in [-0.1, -0.05) is 31.1 Å². The van der Waals surface area contributed by atoms with E-state index in [2.05, 4.69) is 26.8 Å². The molecule has 3 heteroatoms. The van der Waals surface area contributed by atoms with E-state index in [-0.39, 0.29) is 16.7 Å². The van der Waals surface area contributed by atoms with Crippen LogP contribution in [0.15, 0.2) is 23.3 Å². The molecule has 4 unspecified atom stereocenters. The lowest BCUT2D eigenvalue weighted by atomic mass is 9.46. The highest BCUT2D eigenvalue weighted by Crippen LogP contribution is 2.62. The Morgan fingerprint density at radius 2 is 2.09 bits per heavy atom. The molecule has 1 fully saturated rings. The summed E-state index contributed by atoms with van der Waals surface area (Å²) in [4.78, 5) is 22.6. The van der Waals surface area contributed by atoms with Crippen molar-refractivity contribution in [3.05, 3.63) is 23.3 Å². The molecule has 0 spiro atoms. The van der Waals surface area contributed by atoms with Crippen LogP contribution in [0.1, 0.15) is 66.2 Å². The topological polar surface area (TPSA) is 54.4 Å². The third-order valence-electron chi connectivity index (χ3n) is 6.83. The lowest BCUT2D eigenvalue weighted by Gasteiger charge is -2.57. The number of aldehydes is 1. The molecule has 0 aromatic heterocycles. The summed E-state index contributed by atoms with van der Waals surface area (Å²) in [6, 6.07) is 0. The van der Waals surface area contributed by atoms with Gasteiger partial charge < -0.3 is 5.11 Å². The molecule has 0 aromatic rings. The van der Waals surface area contributed by atoms with Gasteiger partial charge in [0, 0.05) is 0 Å². The van der Waals surface area contributed by atoms with Crippen molar-refractivity contribution in [2.24, 2.45) is 22.7 Å². The predicted molar refractivity (Wildman–Crippen MR) is 92.1 cm³/mol. The van der Waals surface area contributed by atoms with E-state index in [0.29, 0.717) is 5.92 Å². The highest BCUT2D eigenvalue weighted by atomic mass is 16.4. The van der Waals surface area contributed by atoms with E-state index in [9.17, 15) is 14.7 Å². The quantitative estimate of drug-likeness (QED) is 0.451. The number of hydrogen-bond acceptors (Lipinski definition) is 2. The number of hydrogen-bond donors (Lipinski definition) is 1. The number of aliphatic carboxylic acids is 1. The Morgan fingerprint density at radius 3 is 2.70 bits per heavy atom. The van der Waals surface area contributed by atoms with Gasteiger partial charge in [-0.2, -0.15) is 0 Å². The summed E-state index contributed by atoms with van der Waals surface area (Å²) in [6.45, 7) is 8.68. The lowest BCUT2D eigenvalue weighted by Crippen LogP contribution is -2.52. The summed E-state index contributed by atoms with van der Waals surface area (Å²) in [5.74, 6) is -0.534. The van der Waals surface area contributed by atoms with Crippen molar-refractivity contribution in [3.8, 4) is 0 Å². The van der Waals surface area contributed by atoms with Crippen LogP contribution in [-0.2, 0) is 9.59 Å². The Balaban J connectivity index is 2.35. The summed E-state index contributed by atoms with van der Waals surface area (Å²) in [5, 5.41) is 9.80. The third kappa shape index (κ3) is 3.15. The van der Waals surface area contributed by atoms with Crippen LogP contribution in [0.5, 0.6) is 0 Å². The molecular formula is C20H30O3. The monoisotopic (exact) mass is 318 g/mol. The largest absolute Gasteiger partial charge is 0.481 e. The van der Waals surface area contributed by atoms with Crippen LogP contribution in [0.25, 0.3) is 0 Å². The van der Waals surface area contributed by atoms with E-state index in [1.165, 1.54) is 5.57 Å². The molecule has 0 radical (unpaired) electrons. The van der Waals surface area contributed by atoms with Gasteiger partial charge >= 0.3 is 5.97 Å². The Hall–Kier alpha value is -1.38. The molecule has 1 N–H and O–H groups in total. The number of carbonyl (C=O) groups is 2. The zero-order chi connectivity index (χ0) is 17.3. The maximum atomic E-state index is 11.9. The smallest absolute Gasteiger partial charge is 0.307 e. The van der Waals surface area contributed by atoms with E-state index < -0.39 is 5.97 Å². The van der Waals surface area contributed by atoms with E-state index >= 15 is 0 Å². The van der Waals surface area contributed by atoms with Gasteiger partial charge in [0.05, 0.1) is 5.92 Å². The van der Waals surface area contributed by atoms with Gasteiger partial charge in [-0.15, -0.1) is 0 Å². The van der Waals surface area contributed by atoms with Gasteiger partial charge in [0.2, 0.25) is 0 Å². The number of fused-ring (bicyclic) bond motifs is 1. The maximum absolute atomic E-state index is 11.9. The highest BCUT2D eigenvalue weighted by Gasteiger charge is 2.56. The van der Waals surface area contributed by atoms with Crippen LogP contribution in [0.4, 0.5) is 0 Å². The Kier molecular flexibility index (Phi) is 5.17. The van der Waals surface area contributed by atoms with Crippen LogP contribution < -0.4 is 0 Å². The zero-order valence-corrected chi connectivity index (χ0v) is 14.9. The second-order valence-electron chi connectivity index (χ2n) is 8.02. The molecule has 0 amide bonds. The number of rotatable bonds is 5. The average Bonchev–Trinajstić information content (AvgIpc) is 2.47. The van der Waals surface area contributed by atoms with Crippen LogP contribution >= 0.6 is 0 Å². The van der Waals surface area contributed by atoms with Crippen molar-refractivity contribution in [3.63, 3.8) is 0 Å². The minimum Gasteiger partial charge on any atom is -0.481 e. The lowest BCUT2D eigenvalue weighted by molar-refractivity contribution is -0.156. The van der Waals surface area contributed by atoms with Crippen molar-refractivity contribution >= 4 is 12.3 Å². The summed E-state index contributed by atoms with van der Waals surface area (Å²) in [7, 11) is 0. The van der Waals surface area contributed by atoms with Crippen molar-refractivity contribution in [2.75, 3.05) is 0 Å². The van der Waals surface area contributed by atoms with Crippen molar-refractivity contribution in [1.82, 2.24) is 0 Å². The van der Waals surface area contributed by atoms with Gasteiger partial charge in [-0.25, -0.2) is 0 Å². The Bertz CT molecular complexity index is 545. The van der Waals surface area contributed by atoms with E-state index in [1.54, 1.807) is 6.08 Å². The first-order valence-electron chi connectivity index (χ1n) is 8.76. The molecule has 1 saturated carbocycles. The molecule has 4 atom stereocenters. The van der Waals surface area contributed by atoms with Gasteiger partial charge in [-0.05, 0) is 75.2 Å². The number of carboxylic acid groups (broad SMARTS) is 1. The number of carbonyl (C=O) groups excluding carboxylic acids is 1. The first-order valence-corrected chi connectivity index (χ1v) is 8.76. The summed E-state index contributed by atoms with van der Waals surface area (Å²) in [5.41, 5.74) is 2.39. The highest BCUT2D eigenvalue weighted by molar-refractivity contribution is 5.71. The van der Waals surface area contributed by atoms with Gasteiger partial charge in [0.1, 0.15) is 6.29 Å². The molecule has 2 rings (SSSR count). The van der Waals surface area contributed by atoms with E-state index in [4.69, 9.17) is 0 Å². The minimum atomic E-state index is -0.654. The molecule has 23 heavy (non-hydrogen) atoms. The fourth-order valence-corrected chi connectivity index (χ4v) is 5.16. The summed E-state index contributed by atoms with van der Waals surface area (Å²) in [6.07, 6.45) is 10.3. The SMILES string of the molecule is CC1=CCCC2C1(C)CCC(C(=O)O)C2(C)CC/C(C)=C/C=O. The minimum absolute atomic E-state index is 0.126. The van der Waals surface area contributed by atoms with E-state index in [0.717, 1.165) is 50.4 Å². The van der Waals surface area contributed by atoms with Gasteiger partial charge in [0.15, 0.2) is 0 Å². The number of allylic oxidation sites excluding steroid dienone is 4. The molecule has 0 aliphatic heterocycles. The van der Waals surface area contributed by atoms with Crippen LogP contribution in [0.2, 0.25) is 0 Å². The Labute approximate surface area is 139 Å². The summed E-state index contributed by atoms with van der Waals surface area (Å²) >= 11 is 0. The predicted octanol–water partition coefficient (Wildman–Crippen LogP) is 4.78. The number of carboxylic acids is 1. The molecule has 128 valence electrons. The third-order valence-corrected chi connectivity index (χ3v) is 6.83. The maximum Gasteiger partial charge on any atom is 0.307 e. The van der Waals surface area contributed by atoms with Crippen molar-refractivity contribution in [1.29, 1.82) is 0 Å². The molecule has 0 bridgehead atoms. The second-order valence-corrected chi connectivity index (χ2v) is 8.02. The molecule has 3 nitrogen and oxygen atoms in total. The molecule has 0 saturated heterocycles. The standard InChI is InChI=1S/C20H30O3/c1-14(10-13-21)8-11-20(4)16(18(22)23)9-12-19(3)15(2)6-5-7-17(19)20/h6,10,13,16-17H,5,7-9,11-12H2,1-4H3,(H,22,23)/b14-10+. The second kappa shape index (κ2) is 6.62. The first kappa shape index (κ1) is 18.0. The fourth-order valence-electron chi connectivity index (χ4n) is 5.16.